The zero-order chi connectivity index (χ0) is 14.7. The summed E-state index contributed by atoms with van der Waals surface area (Å²) in [6.07, 6.45) is 0. The molecule has 1 saturated heterocycles. The van der Waals surface area contributed by atoms with Gasteiger partial charge in [-0.2, -0.15) is 0 Å². The summed E-state index contributed by atoms with van der Waals surface area (Å²) in [4.78, 5) is 25.9. The number of carbonyl (C=O) groups is 2. The quantitative estimate of drug-likeness (QED) is 0.769. The molecule has 0 bridgehead atoms. The molecular formula is C14H16BrNO4. The van der Waals surface area contributed by atoms with E-state index in [-0.39, 0.29) is 12.5 Å². The molecule has 1 aliphatic heterocycles. The number of nitrogens with zero attached hydrogens (tertiary/aromatic N) is 1. The summed E-state index contributed by atoms with van der Waals surface area (Å²) in [6, 6.07) is 4.86. The van der Waals surface area contributed by atoms with E-state index in [9.17, 15) is 9.59 Å². The zero-order valence-corrected chi connectivity index (χ0v) is 13.0. The molecule has 1 fully saturated rings. The lowest BCUT2D eigenvalue weighted by atomic mass is 10.1. The Balaban J connectivity index is 2.30. The van der Waals surface area contributed by atoms with E-state index >= 15 is 0 Å². The van der Waals surface area contributed by atoms with E-state index in [1.807, 2.05) is 19.1 Å². The van der Waals surface area contributed by atoms with Gasteiger partial charge in [-0.3, -0.25) is 4.79 Å². The third-order valence-electron chi connectivity index (χ3n) is 3.21. The normalized spacial score (nSPS) is 18.8. The Morgan fingerprint density at radius 3 is 2.90 bits per heavy atom. The number of ether oxygens (including phenoxy) is 2. The molecule has 108 valence electrons. The minimum absolute atomic E-state index is 0.169. The van der Waals surface area contributed by atoms with Gasteiger partial charge in [0, 0.05) is 11.0 Å². The number of aryl methyl sites for hydroxylation is 1. The molecule has 1 atom stereocenters. The Labute approximate surface area is 126 Å². The first-order valence-electron chi connectivity index (χ1n) is 6.27. The van der Waals surface area contributed by atoms with Crippen LogP contribution in [0.1, 0.15) is 15.9 Å². The van der Waals surface area contributed by atoms with Crippen LogP contribution in [0.15, 0.2) is 22.7 Å². The van der Waals surface area contributed by atoms with Gasteiger partial charge in [0.25, 0.3) is 5.91 Å². The Hall–Kier alpha value is -1.40. The lowest BCUT2D eigenvalue weighted by Gasteiger charge is -2.33. The first-order valence-corrected chi connectivity index (χ1v) is 7.06. The molecule has 6 heteroatoms. The van der Waals surface area contributed by atoms with E-state index in [1.54, 1.807) is 6.07 Å². The maximum atomic E-state index is 12.6. The monoisotopic (exact) mass is 341 g/mol. The average molecular weight is 342 g/mol. The van der Waals surface area contributed by atoms with Gasteiger partial charge in [-0.15, -0.1) is 0 Å². The van der Waals surface area contributed by atoms with E-state index < -0.39 is 12.0 Å². The summed E-state index contributed by atoms with van der Waals surface area (Å²) in [5.74, 6) is -0.652. The number of halogens is 1. The molecule has 1 aromatic carbocycles. The molecule has 0 aliphatic carbocycles. The second kappa shape index (κ2) is 6.37. The van der Waals surface area contributed by atoms with Crippen molar-refractivity contribution in [1.82, 2.24) is 4.90 Å². The summed E-state index contributed by atoms with van der Waals surface area (Å²) in [7, 11) is 1.31. The summed E-state index contributed by atoms with van der Waals surface area (Å²) < 4.78 is 10.7. The molecule has 1 aliphatic rings. The number of rotatable bonds is 2. The van der Waals surface area contributed by atoms with Crippen LogP contribution in [-0.2, 0) is 14.3 Å². The third kappa shape index (κ3) is 3.02. The molecule has 1 aromatic rings. The van der Waals surface area contributed by atoms with Gasteiger partial charge < -0.3 is 14.4 Å². The molecule has 0 radical (unpaired) electrons. The van der Waals surface area contributed by atoms with Crippen LogP contribution in [0.25, 0.3) is 0 Å². The van der Waals surface area contributed by atoms with Crippen LogP contribution in [0.3, 0.4) is 0 Å². The molecule has 0 spiro atoms. The second-order valence-electron chi connectivity index (χ2n) is 4.60. The van der Waals surface area contributed by atoms with Crippen molar-refractivity contribution in [3.05, 3.63) is 33.8 Å². The molecule has 0 N–H and O–H groups in total. The highest BCUT2D eigenvalue weighted by Gasteiger charge is 2.34. The number of benzene rings is 1. The summed E-state index contributed by atoms with van der Waals surface area (Å²) in [5, 5.41) is 0. The van der Waals surface area contributed by atoms with Crippen molar-refractivity contribution in [3.8, 4) is 0 Å². The van der Waals surface area contributed by atoms with Crippen molar-refractivity contribution >= 4 is 27.8 Å². The van der Waals surface area contributed by atoms with Gasteiger partial charge in [-0.25, -0.2) is 4.79 Å². The Bertz CT molecular complexity index is 532. The lowest BCUT2D eigenvalue weighted by Crippen LogP contribution is -2.53. The number of morpholine rings is 1. The molecule has 20 heavy (non-hydrogen) atoms. The fraction of sp³-hybridized carbons (Fsp3) is 0.429. The van der Waals surface area contributed by atoms with Gasteiger partial charge >= 0.3 is 5.97 Å². The topological polar surface area (TPSA) is 55.8 Å². The van der Waals surface area contributed by atoms with Crippen molar-refractivity contribution in [2.45, 2.75) is 13.0 Å². The van der Waals surface area contributed by atoms with Gasteiger partial charge in [-0.1, -0.05) is 11.6 Å². The standard InChI is InChI=1S/C14H16BrNO4/c1-9-3-4-11(15)10(7-9)13(17)16-5-6-20-8-12(16)14(18)19-2/h3-4,7,12H,5-6,8H2,1-2H3. The van der Waals surface area contributed by atoms with Crippen molar-refractivity contribution in [1.29, 1.82) is 0 Å². The predicted molar refractivity (Wildman–Crippen MR) is 76.5 cm³/mol. The van der Waals surface area contributed by atoms with Crippen LogP contribution in [0.5, 0.6) is 0 Å². The maximum absolute atomic E-state index is 12.6. The number of hydrogen-bond acceptors (Lipinski definition) is 4. The summed E-state index contributed by atoms with van der Waals surface area (Å²) in [5.41, 5.74) is 1.53. The van der Waals surface area contributed by atoms with Crippen LogP contribution in [0.2, 0.25) is 0 Å². The van der Waals surface area contributed by atoms with E-state index in [0.717, 1.165) is 5.56 Å². The van der Waals surface area contributed by atoms with E-state index in [0.29, 0.717) is 23.2 Å². The highest BCUT2D eigenvalue weighted by Crippen LogP contribution is 2.22. The molecule has 2 rings (SSSR count). The van der Waals surface area contributed by atoms with Crippen molar-refractivity contribution in [2.75, 3.05) is 26.9 Å². The smallest absolute Gasteiger partial charge is 0.331 e. The van der Waals surface area contributed by atoms with E-state index in [4.69, 9.17) is 9.47 Å². The van der Waals surface area contributed by atoms with Gasteiger partial charge in [0.05, 0.1) is 25.9 Å². The molecular weight excluding hydrogens is 326 g/mol. The Morgan fingerprint density at radius 1 is 1.45 bits per heavy atom. The molecule has 1 heterocycles. The predicted octanol–water partition coefficient (Wildman–Crippen LogP) is 1.77. The van der Waals surface area contributed by atoms with Crippen molar-refractivity contribution in [2.24, 2.45) is 0 Å². The van der Waals surface area contributed by atoms with Crippen LogP contribution >= 0.6 is 15.9 Å². The highest BCUT2D eigenvalue weighted by atomic mass is 79.9. The van der Waals surface area contributed by atoms with Crippen LogP contribution in [-0.4, -0.2) is 49.7 Å². The number of esters is 1. The second-order valence-corrected chi connectivity index (χ2v) is 5.45. The van der Waals surface area contributed by atoms with Crippen molar-refractivity contribution < 1.29 is 19.1 Å². The summed E-state index contributed by atoms with van der Waals surface area (Å²) in [6.45, 7) is 2.88. The molecule has 1 unspecified atom stereocenters. The number of amides is 1. The van der Waals surface area contributed by atoms with Crippen LogP contribution in [0.4, 0.5) is 0 Å². The molecule has 5 nitrogen and oxygen atoms in total. The number of carbonyl (C=O) groups excluding carboxylic acids is 2. The largest absolute Gasteiger partial charge is 0.467 e. The van der Waals surface area contributed by atoms with E-state index in [2.05, 4.69) is 15.9 Å². The SMILES string of the molecule is COC(=O)C1COCCN1C(=O)c1cc(C)ccc1Br. The Morgan fingerprint density at radius 2 is 2.20 bits per heavy atom. The average Bonchev–Trinajstić information content (AvgIpc) is 2.48. The Kier molecular flexibility index (Phi) is 4.77. The highest BCUT2D eigenvalue weighted by molar-refractivity contribution is 9.10. The first kappa shape index (κ1) is 15.0. The van der Waals surface area contributed by atoms with Gasteiger partial charge in [0.15, 0.2) is 6.04 Å². The first-order chi connectivity index (χ1) is 9.54. The summed E-state index contributed by atoms with van der Waals surface area (Å²) >= 11 is 3.38. The number of methoxy groups -OCH3 is 1. The minimum Gasteiger partial charge on any atom is -0.467 e. The zero-order valence-electron chi connectivity index (χ0n) is 11.4. The maximum Gasteiger partial charge on any atom is 0.331 e. The molecule has 1 amide bonds. The molecule has 0 saturated carbocycles. The lowest BCUT2D eigenvalue weighted by molar-refractivity contribution is -0.151. The fourth-order valence-electron chi connectivity index (χ4n) is 2.14. The van der Waals surface area contributed by atoms with Gasteiger partial charge in [0.1, 0.15) is 0 Å². The third-order valence-corrected chi connectivity index (χ3v) is 3.91. The van der Waals surface area contributed by atoms with Gasteiger partial charge in [0.2, 0.25) is 0 Å². The van der Waals surface area contributed by atoms with Crippen molar-refractivity contribution in [3.63, 3.8) is 0 Å². The molecule has 0 aromatic heterocycles. The van der Waals surface area contributed by atoms with Crippen LogP contribution in [0, 0.1) is 6.92 Å². The number of hydrogen-bond donors (Lipinski definition) is 0. The van der Waals surface area contributed by atoms with Gasteiger partial charge in [-0.05, 0) is 35.0 Å². The van der Waals surface area contributed by atoms with E-state index in [1.165, 1.54) is 12.0 Å². The fourth-order valence-corrected chi connectivity index (χ4v) is 2.55. The minimum atomic E-state index is -0.686. The van der Waals surface area contributed by atoms with Crippen LogP contribution < -0.4 is 0 Å².